The van der Waals surface area contributed by atoms with E-state index in [0.717, 1.165) is 18.4 Å². The summed E-state index contributed by atoms with van der Waals surface area (Å²) >= 11 is 0.957. The van der Waals surface area contributed by atoms with Crippen LogP contribution in [-0.2, 0) is 9.59 Å². The maximum atomic E-state index is 10.3. The highest BCUT2D eigenvalue weighted by Crippen LogP contribution is 2.04. The Hall–Kier alpha value is -0.350. The van der Waals surface area contributed by atoms with Gasteiger partial charge < -0.3 is 0 Å². The number of Topliss-reactive ketones (excluding diaryl/α,β-unsaturated/α-hetero) is 1. The van der Waals surface area contributed by atoms with Crippen molar-refractivity contribution in [3.8, 4) is 0 Å². The summed E-state index contributed by atoms with van der Waals surface area (Å²) in [4.78, 5) is 20.6. The van der Waals surface area contributed by atoms with Crippen molar-refractivity contribution >= 4 is 22.8 Å². The van der Waals surface area contributed by atoms with Crippen molar-refractivity contribution in [3.63, 3.8) is 0 Å². The van der Waals surface area contributed by atoms with Gasteiger partial charge in [-0.05, 0) is 11.9 Å². The number of ketones is 1. The van der Waals surface area contributed by atoms with E-state index in [4.69, 9.17) is 0 Å². The standard InChI is InChI=1S/C4H4NO2S/c6-3-1-4(7)8-5-2-3/h1,5H,2H2. The SMILES string of the molecule is O=C1[CH]C(=O)SNC1. The van der Waals surface area contributed by atoms with Gasteiger partial charge in [0.2, 0.25) is 5.12 Å². The van der Waals surface area contributed by atoms with Crippen molar-refractivity contribution < 1.29 is 9.59 Å². The van der Waals surface area contributed by atoms with Gasteiger partial charge in [-0.15, -0.1) is 0 Å². The molecule has 0 atom stereocenters. The van der Waals surface area contributed by atoms with Crippen LogP contribution in [0, 0.1) is 6.42 Å². The molecule has 0 aromatic heterocycles. The fraction of sp³-hybridized carbons (Fsp3) is 0.250. The first-order valence-corrected chi connectivity index (χ1v) is 2.92. The second-order valence-corrected chi connectivity index (χ2v) is 2.25. The average molecular weight is 130 g/mol. The summed E-state index contributed by atoms with van der Waals surface area (Å²) in [7, 11) is 0. The molecule has 3 nitrogen and oxygen atoms in total. The van der Waals surface area contributed by atoms with Crippen LogP contribution in [0.4, 0.5) is 0 Å². The molecule has 1 heterocycles. The van der Waals surface area contributed by atoms with Gasteiger partial charge in [0.1, 0.15) is 6.42 Å². The van der Waals surface area contributed by atoms with E-state index in [9.17, 15) is 9.59 Å². The molecule has 0 aliphatic carbocycles. The quantitative estimate of drug-likeness (QED) is 0.451. The van der Waals surface area contributed by atoms with Gasteiger partial charge in [-0.1, -0.05) is 0 Å². The minimum absolute atomic E-state index is 0.145. The molecule has 1 aliphatic rings. The Bertz CT molecular complexity index is 120. The largest absolute Gasteiger partial charge is 0.297 e. The van der Waals surface area contributed by atoms with Gasteiger partial charge in [-0.25, -0.2) is 4.72 Å². The monoisotopic (exact) mass is 130 g/mol. The number of carbonyl (C=O) groups is 2. The number of nitrogens with one attached hydrogen (secondary N) is 1. The molecule has 43 valence electrons. The predicted octanol–water partition coefficient (Wildman–Crippen LogP) is -0.462. The fourth-order valence-corrected chi connectivity index (χ4v) is 0.937. The van der Waals surface area contributed by atoms with E-state index in [-0.39, 0.29) is 17.4 Å². The van der Waals surface area contributed by atoms with Crippen LogP contribution < -0.4 is 4.72 Å². The summed E-state index contributed by atoms with van der Waals surface area (Å²) in [6.07, 6.45) is 1.10. The van der Waals surface area contributed by atoms with E-state index in [0.29, 0.717) is 0 Å². The highest BCUT2D eigenvalue weighted by molar-refractivity contribution is 8.12. The van der Waals surface area contributed by atoms with Gasteiger partial charge in [0.15, 0.2) is 5.78 Å². The van der Waals surface area contributed by atoms with Crippen molar-refractivity contribution in [2.45, 2.75) is 0 Å². The molecule has 0 aromatic rings. The third-order valence-corrected chi connectivity index (χ3v) is 1.31. The lowest BCUT2D eigenvalue weighted by atomic mass is 10.3. The zero-order valence-corrected chi connectivity index (χ0v) is 4.83. The smallest absolute Gasteiger partial charge is 0.215 e. The molecule has 0 spiro atoms. The molecule has 0 saturated carbocycles. The summed E-state index contributed by atoms with van der Waals surface area (Å²) in [6, 6.07) is 0. The first-order chi connectivity index (χ1) is 3.79. The summed E-state index contributed by atoms with van der Waals surface area (Å²) in [5.74, 6) is -0.145. The van der Waals surface area contributed by atoms with Crippen LogP contribution in [0.3, 0.4) is 0 Å². The molecule has 0 amide bonds. The van der Waals surface area contributed by atoms with Crippen LogP contribution in [0.5, 0.6) is 0 Å². The van der Waals surface area contributed by atoms with Crippen LogP contribution in [0.1, 0.15) is 0 Å². The fourth-order valence-electron chi connectivity index (χ4n) is 0.390. The van der Waals surface area contributed by atoms with E-state index in [2.05, 4.69) is 4.72 Å². The minimum atomic E-state index is -0.207. The van der Waals surface area contributed by atoms with Crippen molar-refractivity contribution in [2.24, 2.45) is 0 Å². The van der Waals surface area contributed by atoms with E-state index in [1.54, 1.807) is 0 Å². The Morgan fingerprint density at radius 2 is 2.38 bits per heavy atom. The van der Waals surface area contributed by atoms with Crippen LogP contribution in [0.25, 0.3) is 0 Å². The van der Waals surface area contributed by atoms with Crippen LogP contribution in [0.2, 0.25) is 0 Å². The van der Waals surface area contributed by atoms with Crippen molar-refractivity contribution in [1.82, 2.24) is 4.72 Å². The molecular weight excluding hydrogens is 126 g/mol. The molecule has 1 radical (unpaired) electrons. The Morgan fingerprint density at radius 3 is 2.75 bits per heavy atom. The molecule has 0 aromatic carbocycles. The molecule has 1 aliphatic heterocycles. The second-order valence-electron chi connectivity index (χ2n) is 1.35. The summed E-state index contributed by atoms with van der Waals surface area (Å²) < 4.78 is 2.57. The topological polar surface area (TPSA) is 46.2 Å². The average Bonchev–Trinajstić information content (AvgIpc) is 1.64. The van der Waals surface area contributed by atoms with Crippen LogP contribution >= 0.6 is 11.9 Å². The Balaban J connectivity index is 2.45. The van der Waals surface area contributed by atoms with Gasteiger partial charge in [0.25, 0.3) is 0 Å². The summed E-state index contributed by atoms with van der Waals surface area (Å²) in [6.45, 7) is 0.274. The lowest BCUT2D eigenvalue weighted by molar-refractivity contribution is -0.118. The van der Waals surface area contributed by atoms with E-state index >= 15 is 0 Å². The zero-order chi connectivity index (χ0) is 5.98. The maximum Gasteiger partial charge on any atom is 0.215 e. The Kier molecular flexibility index (Phi) is 1.65. The van der Waals surface area contributed by atoms with Crippen LogP contribution in [-0.4, -0.2) is 17.4 Å². The molecule has 1 fully saturated rings. The van der Waals surface area contributed by atoms with Crippen molar-refractivity contribution in [3.05, 3.63) is 6.42 Å². The normalized spacial score (nSPS) is 21.5. The van der Waals surface area contributed by atoms with Gasteiger partial charge in [0, 0.05) is 0 Å². The number of hydrogen-bond donors (Lipinski definition) is 1. The van der Waals surface area contributed by atoms with Gasteiger partial charge in [0.05, 0.1) is 6.54 Å². The summed E-state index contributed by atoms with van der Waals surface area (Å²) in [5.41, 5.74) is 0. The molecule has 0 unspecified atom stereocenters. The van der Waals surface area contributed by atoms with Crippen molar-refractivity contribution in [1.29, 1.82) is 0 Å². The molecule has 8 heavy (non-hydrogen) atoms. The highest BCUT2D eigenvalue weighted by Gasteiger charge is 2.15. The lowest BCUT2D eigenvalue weighted by Crippen LogP contribution is -2.27. The summed E-state index contributed by atoms with van der Waals surface area (Å²) in [5, 5.41) is -0.207. The highest BCUT2D eigenvalue weighted by atomic mass is 32.2. The lowest BCUT2D eigenvalue weighted by Gasteiger charge is -2.05. The zero-order valence-electron chi connectivity index (χ0n) is 4.01. The molecule has 1 rings (SSSR count). The van der Waals surface area contributed by atoms with Gasteiger partial charge in [-0.3, -0.25) is 9.59 Å². The number of rotatable bonds is 0. The molecule has 1 N–H and O–H groups in total. The van der Waals surface area contributed by atoms with Gasteiger partial charge in [-0.2, -0.15) is 0 Å². The van der Waals surface area contributed by atoms with Crippen molar-refractivity contribution in [2.75, 3.05) is 6.54 Å². The Labute approximate surface area is 51.0 Å². The molecule has 1 saturated heterocycles. The van der Waals surface area contributed by atoms with E-state index in [1.165, 1.54) is 0 Å². The number of hydrogen-bond acceptors (Lipinski definition) is 4. The second kappa shape index (κ2) is 2.28. The molecule has 4 heteroatoms. The first-order valence-electron chi connectivity index (χ1n) is 2.10. The number of carbonyl (C=O) groups excluding carboxylic acids is 2. The predicted molar refractivity (Wildman–Crippen MR) is 29.9 cm³/mol. The van der Waals surface area contributed by atoms with E-state index < -0.39 is 0 Å². The van der Waals surface area contributed by atoms with Crippen LogP contribution in [0.15, 0.2) is 0 Å². The Morgan fingerprint density at radius 1 is 1.62 bits per heavy atom. The third kappa shape index (κ3) is 1.31. The molecular formula is C4H4NO2S. The van der Waals surface area contributed by atoms with Gasteiger partial charge >= 0.3 is 0 Å². The maximum absolute atomic E-state index is 10.3. The molecule has 0 bridgehead atoms. The van der Waals surface area contributed by atoms with E-state index in [1.807, 2.05) is 0 Å². The minimum Gasteiger partial charge on any atom is -0.297 e. The third-order valence-electron chi connectivity index (χ3n) is 0.698. The first kappa shape index (κ1) is 5.78.